The minimum Gasteiger partial charge on any atom is -0.493 e. The van der Waals surface area contributed by atoms with E-state index in [4.69, 9.17) is 10.00 Å². The molecule has 92 valence electrons. The average Bonchev–Trinajstić information content (AvgIpc) is 2.36. The van der Waals surface area contributed by atoms with Gasteiger partial charge in [0.1, 0.15) is 5.75 Å². The minimum absolute atomic E-state index is 0.550. The Morgan fingerprint density at radius 3 is 3.00 bits per heavy atom. The average molecular weight is 232 g/mol. The van der Waals surface area contributed by atoms with E-state index in [9.17, 15) is 0 Å². The van der Waals surface area contributed by atoms with E-state index in [1.807, 2.05) is 24.3 Å². The van der Waals surface area contributed by atoms with Crippen LogP contribution in [0, 0.1) is 11.3 Å². The van der Waals surface area contributed by atoms with Crippen molar-refractivity contribution in [3.63, 3.8) is 0 Å². The molecular formula is C14H20N2O. The van der Waals surface area contributed by atoms with E-state index >= 15 is 0 Å². The third-order valence-electron chi connectivity index (χ3n) is 2.40. The van der Waals surface area contributed by atoms with Crippen molar-refractivity contribution < 1.29 is 4.74 Å². The van der Waals surface area contributed by atoms with Gasteiger partial charge in [0, 0.05) is 24.7 Å². The highest BCUT2D eigenvalue weighted by atomic mass is 16.5. The molecule has 0 saturated heterocycles. The smallest absolute Gasteiger partial charge is 0.121 e. The van der Waals surface area contributed by atoms with Gasteiger partial charge in [0.05, 0.1) is 12.7 Å². The molecule has 0 atom stereocenters. The summed E-state index contributed by atoms with van der Waals surface area (Å²) in [7, 11) is 0. The highest BCUT2D eigenvalue weighted by Crippen LogP contribution is 2.17. The number of nitrogens with zero attached hydrogens (tertiary/aromatic N) is 1. The third kappa shape index (κ3) is 5.82. The van der Waals surface area contributed by atoms with Crippen molar-refractivity contribution in [2.75, 3.05) is 18.5 Å². The summed E-state index contributed by atoms with van der Waals surface area (Å²) in [5.41, 5.74) is 1.09. The summed E-state index contributed by atoms with van der Waals surface area (Å²) in [4.78, 5) is 0. The number of ether oxygens (including phenoxy) is 1. The summed E-state index contributed by atoms with van der Waals surface area (Å²) in [6.07, 6.45) is 3.70. The van der Waals surface area contributed by atoms with Gasteiger partial charge in [-0.1, -0.05) is 19.4 Å². The summed E-state index contributed by atoms with van der Waals surface area (Å²) < 4.78 is 5.56. The Bertz CT molecular complexity index is 357. The molecule has 0 aliphatic carbocycles. The number of rotatable bonds is 8. The molecule has 1 N–H and O–H groups in total. The molecule has 1 aromatic carbocycles. The Labute approximate surface area is 103 Å². The summed E-state index contributed by atoms with van der Waals surface area (Å²) in [6.45, 7) is 3.77. The molecule has 0 heterocycles. The lowest BCUT2D eigenvalue weighted by Gasteiger charge is -2.09. The molecular weight excluding hydrogens is 212 g/mol. The lowest BCUT2D eigenvalue weighted by atomic mass is 10.2. The molecule has 0 bridgehead atoms. The van der Waals surface area contributed by atoms with Gasteiger partial charge in [-0.15, -0.1) is 0 Å². The van der Waals surface area contributed by atoms with Crippen LogP contribution in [-0.4, -0.2) is 13.2 Å². The van der Waals surface area contributed by atoms with Crippen molar-refractivity contribution in [2.45, 2.75) is 32.6 Å². The van der Waals surface area contributed by atoms with Gasteiger partial charge in [0.2, 0.25) is 0 Å². The second-order valence-corrected chi connectivity index (χ2v) is 3.92. The van der Waals surface area contributed by atoms with Gasteiger partial charge in [-0.3, -0.25) is 0 Å². The molecule has 0 amide bonds. The highest BCUT2D eigenvalue weighted by molar-refractivity contribution is 5.48. The van der Waals surface area contributed by atoms with Crippen LogP contribution in [0.4, 0.5) is 5.69 Å². The number of anilines is 1. The zero-order valence-corrected chi connectivity index (χ0v) is 10.4. The Hall–Kier alpha value is -1.69. The molecule has 1 rings (SSSR count). The van der Waals surface area contributed by atoms with Crippen molar-refractivity contribution in [2.24, 2.45) is 0 Å². The molecule has 3 nitrogen and oxygen atoms in total. The van der Waals surface area contributed by atoms with Gasteiger partial charge in [0.15, 0.2) is 0 Å². The predicted octanol–water partition coefficient (Wildman–Crippen LogP) is 3.58. The molecule has 0 aliphatic heterocycles. The van der Waals surface area contributed by atoms with E-state index in [0.717, 1.165) is 24.4 Å². The lowest BCUT2D eigenvalue weighted by molar-refractivity contribution is 0.313. The first-order chi connectivity index (χ1) is 8.36. The Kier molecular flexibility index (Phi) is 6.66. The van der Waals surface area contributed by atoms with Crippen LogP contribution in [-0.2, 0) is 0 Å². The minimum atomic E-state index is 0.550. The highest BCUT2D eigenvalue weighted by Gasteiger charge is 1.96. The number of hydrogen-bond acceptors (Lipinski definition) is 3. The maximum absolute atomic E-state index is 8.41. The normalized spacial score (nSPS) is 9.65. The third-order valence-corrected chi connectivity index (χ3v) is 2.40. The number of hydrogen-bond donors (Lipinski definition) is 1. The first-order valence-electron chi connectivity index (χ1n) is 6.20. The molecule has 0 radical (unpaired) electrons. The maximum atomic E-state index is 8.41. The van der Waals surface area contributed by atoms with Crippen LogP contribution in [0.3, 0.4) is 0 Å². The van der Waals surface area contributed by atoms with E-state index in [1.165, 1.54) is 12.8 Å². The fraction of sp³-hybridized carbons (Fsp3) is 0.500. The van der Waals surface area contributed by atoms with Crippen LogP contribution < -0.4 is 10.1 Å². The van der Waals surface area contributed by atoms with Crippen molar-refractivity contribution >= 4 is 5.69 Å². The van der Waals surface area contributed by atoms with Crippen molar-refractivity contribution in [1.82, 2.24) is 0 Å². The molecule has 17 heavy (non-hydrogen) atoms. The van der Waals surface area contributed by atoms with Gasteiger partial charge in [-0.05, 0) is 25.0 Å². The van der Waals surface area contributed by atoms with E-state index in [2.05, 4.69) is 18.3 Å². The molecule has 0 unspecified atom stereocenters. The van der Waals surface area contributed by atoms with Gasteiger partial charge in [-0.2, -0.15) is 5.26 Å². The molecule has 1 aromatic rings. The van der Waals surface area contributed by atoms with E-state index in [0.29, 0.717) is 13.0 Å². The lowest BCUT2D eigenvalue weighted by Crippen LogP contribution is -2.01. The number of benzene rings is 1. The first kappa shape index (κ1) is 13.4. The van der Waals surface area contributed by atoms with E-state index in [-0.39, 0.29) is 0 Å². The van der Waals surface area contributed by atoms with Gasteiger partial charge in [-0.25, -0.2) is 0 Å². The van der Waals surface area contributed by atoms with Gasteiger partial charge >= 0.3 is 0 Å². The van der Waals surface area contributed by atoms with E-state index < -0.39 is 0 Å². The Morgan fingerprint density at radius 1 is 1.35 bits per heavy atom. The monoisotopic (exact) mass is 232 g/mol. The number of nitrogens with one attached hydrogen (secondary N) is 1. The van der Waals surface area contributed by atoms with Crippen LogP contribution >= 0.6 is 0 Å². The van der Waals surface area contributed by atoms with E-state index in [1.54, 1.807) is 0 Å². The fourth-order valence-electron chi connectivity index (χ4n) is 1.45. The van der Waals surface area contributed by atoms with Crippen LogP contribution in [0.25, 0.3) is 0 Å². The quantitative estimate of drug-likeness (QED) is 0.697. The van der Waals surface area contributed by atoms with Crippen molar-refractivity contribution in [1.29, 1.82) is 5.26 Å². The zero-order valence-electron chi connectivity index (χ0n) is 10.4. The second-order valence-electron chi connectivity index (χ2n) is 3.92. The Morgan fingerprint density at radius 2 is 2.24 bits per heavy atom. The Balaban J connectivity index is 2.34. The first-order valence-corrected chi connectivity index (χ1v) is 6.20. The number of unbranched alkanes of at least 4 members (excludes halogenated alkanes) is 2. The van der Waals surface area contributed by atoms with Crippen LogP contribution in [0.1, 0.15) is 32.6 Å². The largest absolute Gasteiger partial charge is 0.493 e. The van der Waals surface area contributed by atoms with Crippen LogP contribution in [0.2, 0.25) is 0 Å². The summed E-state index contributed by atoms with van der Waals surface area (Å²) in [5, 5.41) is 11.8. The summed E-state index contributed by atoms with van der Waals surface area (Å²) >= 11 is 0. The van der Waals surface area contributed by atoms with Crippen LogP contribution in [0.5, 0.6) is 5.75 Å². The predicted molar refractivity (Wildman–Crippen MR) is 70.2 cm³/mol. The molecule has 0 saturated carbocycles. The van der Waals surface area contributed by atoms with Gasteiger partial charge in [0.25, 0.3) is 0 Å². The molecule has 0 spiro atoms. The summed E-state index contributed by atoms with van der Waals surface area (Å²) in [6, 6.07) is 10.1. The SMILES string of the molecule is CCCCNc1cccc(OCCCC#N)c1. The standard InChI is InChI=1S/C14H20N2O/c1-2-3-10-16-13-7-6-8-14(12-13)17-11-5-4-9-15/h6-8,12,16H,2-5,10-11H2,1H3. The van der Waals surface area contributed by atoms with Crippen molar-refractivity contribution in [3.05, 3.63) is 24.3 Å². The van der Waals surface area contributed by atoms with Gasteiger partial charge < -0.3 is 10.1 Å². The maximum Gasteiger partial charge on any atom is 0.121 e. The molecule has 0 aromatic heterocycles. The molecule has 0 aliphatic rings. The zero-order chi connectivity index (χ0) is 12.3. The van der Waals surface area contributed by atoms with Crippen molar-refractivity contribution in [3.8, 4) is 11.8 Å². The number of nitriles is 1. The second kappa shape index (κ2) is 8.46. The topological polar surface area (TPSA) is 45.0 Å². The van der Waals surface area contributed by atoms with Crippen LogP contribution in [0.15, 0.2) is 24.3 Å². The molecule has 3 heteroatoms. The summed E-state index contributed by atoms with van der Waals surface area (Å²) in [5.74, 6) is 0.865. The fourth-order valence-corrected chi connectivity index (χ4v) is 1.45. The molecule has 0 fully saturated rings.